The van der Waals surface area contributed by atoms with E-state index in [1.807, 2.05) is 0 Å². The molecule has 2 N–H and O–H groups in total. The van der Waals surface area contributed by atoms with Crippen molar-refractivity contribution in [3.63, 3.8) is 0 Å². The standard InChI is InChI=1S/C12H21N3O2/c1-6-12(2,3)10(13)9-11(17-5)15-8(16-4)7-14-9/h7,10H,6,13H2,1-5H3. The van der Waals surface area contributed by atoms with Gasteiger partial charge < -0.3 is 15.2 Å². The first-order valence-electron chi connectivity index (χ1n) is 5.66. The summed E-state index contributed by atoms with van der Waals surface area (Å²) in [6.07, 6.45) is 2.51. The molecule has 1 heterocycles. The van der Waals surface area contributed by atoms with E-state index >= 15 is 0 Å². The monoisotopic (exact) mass is 239 g/mol. The molecule has 0 radical (unpaired) electrons. The third kappa shape index (κ3) is 2.85. The summed E-state index contributed by atoms with van der Waals surface area (Å²) < 4.78 is 10.2. The molecule has 17 heavy (non-hydrogen) atoms. The normalized spacial score (nSPS) is 13.3. The summed E-state index contributed by atoms with van der Waals surface area (Å²) in [7, 11) is 3.09. The van der Waals surface area contributed by atoms with Gasteiger partial charge in [0, 0.05) is 0 Å². The van der Waals surface area contributed by atoms with Crippen molar-refractivity contribution in [1.29, 1.82) is 0 Å². The Balaban J connectivity index is 3.13. The molecule has 1 unspecified atom stereocenters. The molecule has 0 spiro atoms. The van der Waals surface area contributed by atoms with Gasteiger partial charge in [0.05, 0.1) is 26.5 Å². The number of ether oxygens (including phenoxy) is 2. The van der Waals surface area contributed by atoms with Gasteiger partial charge in [-0.1, -0.05) is 20.8 Å². The number of hydrogen-bond donors (Lipinski definition) is 1. The van der Waals surface area contributed by atoms with Crippen molar-refractivity contribution in [3.05, 3.63) is 11.9 Å². The molecular weight excluding hydrogens is 218 g/mol. The maximum Gasteiger partial charge on any atom is 0.240 e. The molecule has 0 aromatic carbocycles. The molecule has 5 nitrogen and oxygen atoms in total. The number of nitrogens with two attached hydrogens (primary N) is 1. The van der Waals surface area contributed by atoms with E-state index in [0.29, 0.717) is 17.5 Å². The molecule has 0 fully saturated rings. The van der Waals surface area contributed by atoms with E-state index < -0.39 is 0 Å². The zero-order chi connectivity index (χ0) is 13.1. The summed E-state index contributed by atoms with van der Waals surface area (Å²) in [4.78, 5) is 8.49. The van der Waals surface area contributed by atoms with Gasteiger partial charge in [0.25, 0.3) is 0 Å². The van der Waals surface area contributed by atoms with Gasteiger partial charge >= 0.3 is 0 Å². The minimum Gasteiger partial charge on any atom is -0.480 e. The van der Waals surface area contributed by atoms with Crippen molar-refractivity contribution >= 4 is 0 Å². The zero-order valence-corrected chi connectivity index (χ0v) is 11.2. The van der Waals surface area contributed by atoms with Crippen LogP contribution in [0.1, 0.15) is 38.9 Å². The molecule has 0 aliphatic heterocycles. The Morgan fingerprint density at radius 1 is 1.35 bits per heavy atom. The van der Waals surface area contributed by atoms with Crippen LogP contribution in [0.5, 0.6) is 11.8 Å². The highest BCUT2D eigenvalue weighted by Gasteiger charge is 2.30. The second-order valence-corrected chi connectivity index (χ2v) is 4.63. The SMILES string of the molecule is CCC(C)(C)C(N)c1ncc(OC)nc1OC. The van der Waals surface area contributed by atoms with Crippen molar-refractivity contribution in [2.45, 2.75) is 33.2 Å². The summed E-state index contributed by atoms with van der Waals surface area (Å²) in [6, 6.07) is -0.221. The highest BCUT2D eigenvalue weighted by molar-refractivity contribution is 5.26. The lowest BCUT2D eigenvalue weighted by molar-refractivity contribution is 0.261. The largest absolute Gasteiger partial charge is 0.480 e. The van der Waals surface area contributed by atoms with E-state index in [1.165, 1.54) is 0 Å². The van der Waals surface area contributed by atoms with E-state index in [9.17, 15) is 0 Å². The smallest absolute Gasteiger partial charge is 0.240 e. The molecule has 5 heteroatoms. The topological polar surface area (TPSA) is 70.3 Å². The average molecular weight is 239 g/mol. The first-order valence-corrected chi connectivity index (χ1v) is 5.66. The van der Waals surface area contributed by atoms with Gasteiger partial charge in [0.1, 0.15) is 5.69 Å². The van der Waals surface area contributed by atoms with Crippen LogP contribution in [0.3, 0.4) is 0 Å². The van der Waals surface area contributed by atoms with E-state index in [0.717, 1.165) is 6.42 Å². The number of rotatable bonds is 5. The molecule has 0 aliphatic rings. The van der Waals surface area contributed by atoms with Gasteiger partial charge in [-0.3, -0.25) is 0 Å². The Morgan fingerprint density at radius 3 is 2.47 bits per heavy atom. The van der Waals surface area contributed by atoms with Gasteiger partial charge in [0.15, 0.2) is 0 Å². The van der Waals surface area contributed by atoms with Gasteiger partial charge in [-0.2, -0.15) is 4.98 Å². The summed E-state index contributed by atoms with van der Waals surface area (Å²) in [5.41, 5.74) is 6.84. The molecule has 1 aromatic heterocycles. The summed E-state index contributed by atoms with van der Waals surface area (Å²) in [6.45, 7) is 6.30. The Labute approximate surface area is 102 Å². The van der Waals surface area contributed by atoms with E-state index in [-0.39, 0.29) is 11.5 Å². The van der Waals surface area contributed by atoms with Crippen molar-refractivity contribution in [3.8, 4) is 11.8 Å². The fraction of sp³-hybridized carbons (Fsp3) is 0.667. The van der Waals surface area contributed by atoms with Crippen molar-refractivity contribution in [1.82, 2.24) is 9.97 Å². The van der Waals surface area contributed by atoms with Gasteiger partial charge in [-0.05, 0) is 11.8 Å². The van der Waals surface area contributed by atoms with Gasteiger partial charge in [-0.25, -0.2) is 4.98 Å². The minimum absolute atomic E-state index is 0.0590. The Kier molecular flexibility index (Phi) is 4.28. The first kappa shape index (κ1) is 13.7. The Morgan fingerprint density at radius 2 is 2.00 bits per heavy atom. The first-order chi connectivity index (χ1) is 7.96. The van der Waals surface area contributed by atoms with Crippen LogP contribution < -0.4 is 15.2 Å². The lowest BCUT2D eigenvalue weighted by Gasteiger charge is -2.30. The molecule has 0 bridgehead atoms. The second-order valence-electron chi connectivity index (χ2n) is 4.63. The molecule has 1 atom stereocenters. The van der Waals surface area contributed by atoms with Crippen LogP contribution in [-0.4, -0.2) is 24.2 Å². The molecule has 96 valence electrons. The Bertz CT molecular complexity index is 380. The predicted octanol–water partition coefficient (Wildman–Crippen LogP) is 1.93. The fourth-order valence-corrected chi connectivity index (χ4v) is 1.42. The molecular formula is C12H21N3O2. The second kappa shape index (κ2) is 5.31. The highest BCUT2D eigenvalue weighted by atomic mass is 16.5. The van der Waals surface area contributed by atoms with Crippen molar-refractivity contribution in [2.75, 3.05) is 14.2 Å². The van der Waals surface area contributed by atoms with Crippen LogP contribution in [0.25, 0.3) is 0 Å². The molecule has 0 saturated carbocycles. The van der Waals surface area contributed by atoms with Gasteiger partial charge in [0.2, 0.25) is 11.8 Å². The number of methoxy groups -OCH3 is 2. The van der Waals surface area contributed by atoms with Crippen LogP contribution in [0, 0.1) is 5.41 Å². The predicted molar refractivity (Wildman–Crippen MR) is 66.1 cm³/mol. The van der Waals surface area contributed by atoms with Crippen LogP contribution in [0.15, 0.2) is 6.20 Å². The van der Waals surface area contributed by atoms with Crippen molar-refractivity contribution < 1.29 is 9.47 Å². The zero-order valence-electron chi connectivity index (χ0n) is 11.2. The highest BCUT2D eigenvalue weighted by Crippen LogP contribution is 2.36. The average Bonchev–Trinajstić information content (AvgIpc) is 2.36. The molecule has 0 saturated heterocycles. The quantitative estimate of drug-likeness (QED) is 0.850. The molecule has 1 aromatic rings. The molecule has 1 rings (SSSR count). The number of nitrogens with zero attached hydrogens (tertiary/aromatic N) is 2. The molecule has 0 amide bonds. The van der Waals surface area contributed by atoms with Crippen LogP contribution in [0.2, 0.25) is 0 Å². The summed E-state index contributed by atoms with van der Waals surface area (Å²) >= 11 is 0. The van der Waals surface area contributed by atoms with Crippen LogP contribution >= 0.6 is 0 Å². The maximum atomic E-state index is 6.23. The van der Waals surface area contributed by atoms with Crippen molar-refractivity contribution in [2.24, 2.45) is 11.1 Å². The van der Waals surface area contributed by atoms with Gasteiger partial charge in [-0.15, -0.1) is 0 Å². The number of aromatic nitrogens is 2. The third-order valence-electron chi connectivity index (χ3n) is 3.20. The molecule has 0 aliphatic carbocycles. The van der Waals surface area contributed by atoms with Crippen LogP contribution in [0.4, 0.5) is 0 Å². The van der Waals surface area contributed by atoms with E-state index in [2.05, 4.69) is 30.7 Å². The summed E-state index contributed by atoms with van der Waals surface area (Å²) in [5.74, 6) is 0.852. The third-order valence-corrected chi connectivity index (χ3v) is 3.20. The summed E-state index contributed by atoms with van der Waals surface area (Å²) in [5, 5.41) is 0. The maximum absolute atomic E-state index is 6.23. The van der Waals surface area contributed by atoms with E-state index in [4.69, 9.17) is 15.2 Å². The lowest BCUT2D eigenvalue weighted by Crippen LogP contribution is -2.30. The number of hydrogen-bond acceptors (Lipinski definition) is 5. The van der Waals surface area contributed by atoms with Crippen LogP contribution in [-0.2, 0) is 0 Å². The fourth-order valence-electron chi connectivity index (χ4n) is 1.42. The minimum atomic E-state index is -0.221. The van der Waals surface area contributed by atoms with E-state index in [1.54, 1.807) is 20.4 Å². The lowest BCUT2D eigenvalue weighted by atomic mass is 9.81. The Hall–Kier alpha value is -1.36.